The van der Waals surface area contributed by atoms with Gasteiger partial charge in [-0.15, -0.1) is 0 Å². The van der Waals surface area contributed by atoms with Gasteiger partial charge < -0.3 is 10.4 Å². The molecule has 2 rings (SSSR count). The number of benzene rings is 2. The molecule has 2 N–H and O–H groups in total. The second kappa shape index (κ2) is 5.57. The van der Waals surface area contributed by atoms with Gasteiger partial charge in [0.1, 0.15) is 0 Å². The molecule has 0 aromatic heterocycles. The topological polar surface area (TPSA) is 49.3 Å². The first-order valence-electron chi connectivity index (χ1n) is 6.30. The van der Waals surface area contributed by atoms with Gasteiger partial charge in [-0.2, -0.15) is 0 Å². The summed E-state index contributed by atoms with van der Waals surface area (Å²) in [6, 6.07) is 13.0. The van der Waals surface area contributed by atoms with E-state index in [0.717, 1.165) is 12.1 Å². The second-order valence-corrected chi connectivity index (χ2v) is 4.47. The summed E-state index contributed by atoms with van der Waals surface area (Å²) in [5.74, 6) is -0.926. The Bertz CT molecular complexity index is 605. The van der Waals surface area contributed by atoms with Crippen molar-refractivity contribution in [1.29, 1.82) is 0 Å². The summed E-state index contributed by atoms with van der Waals surface area (Å²) >= 11 is 0. The molecule has 0 unspecified atom stereocenters. The molecule has 2 aromatic carbocycles. The number of carboxylic acids is 1. The number of para-hydroxylation sites is 1. The van der Waals surface area contributed by atoms with Crippen LogP contribution in [0.1, 0.15) is 28.4 Å². The number of aryl methyl sites for hydroxylation is 2. The molecule has 0 aliphatic heterocycles. The van der Waals surface area contributed by atoms with E-state index in [1.807, 2.05) is 18.2 Å². The van der Waals surface area contributed by atoms with Crippen LogP contribution in [0.25, 0.3) is 0 Å². The smallest absolute Gasteiger partial charge is 0.337 e. The molecular weight excluding hydrogens is 238 g/mol. The van der Waals surface area contributed by atoms with E-state index in [1.54, 1.807) is 18.2 Å². The fourth-order valence-electron chi connectivity index (χ4n) is 2.10. The maximum atomic E-state index is 11.1. The van der Waals surface area contributed by atoms with Gasteiger partial charge >= 0.3 is 5.97 Å². The highest BCUT2D eigenvalue weighted by Gasteiger charge is 2.09. The molecule has 3 heteroatoms. The average molecular weight is 255 g/mol. The molecule has 2 aromatic rings. The molecule has 0 bridgehead atoms. The maximum absolute atomic E-state index is 11.1. The Morgan fingerprint density at radius 1 is 1.21 bits per heavy atom. The van der Waals surface area contributed by atoms with Gasteiger partial charge in [-0.05, 0) is 48.7 Å². The van der Waals surface area contributed by atoms with Crippen LogP contribution >= 0.6 is 0 Å². The number of carboxylic acid groups (broad SMARTS) is 1. The Hall–Kier alpha value is -2.29. The minimum Gasteiger partial charge on any atom is -0.478 e. The first-order valence-corrected chi connectivity index (χ1v) is 6.30. The van der Waals surface area contributed by atoms with E-state index in [2.05, 4.69) is 25.2 Å². The third-order valence-corrected chi connectivity index (χ3v) is 3.16. The normalized spacial score (nSPS) is 10.2. The number of aromatic carboxylic acids is 1. The zero-order chi connectivity index (χ0) is 13.8. The molecule has 0 amide bonds. The number of hydrogen-bond acceptors (Lipinski definition) is 2. The lowest BCUT2D eigenvalue weighted by Crippen LogP contribution is -2.02. The van der Waals surface area contributed by atoms with Crippen molar-refractivity contribution in [3.8, 4) is 0 Å². The SMILES string of the molecule is CCc1ccc(Nc2ccccc2C(=O)O)cc1C. The van der Waals surface area contributed by atoms with Crippen molar-refractivity contribution in [2.75, 3.05) is 5.32 Å². The summed E-state index contributed by atoms with van der Waals surface area (Å²) in [4.78, 5) is 11.1. The Morgan fingerprint density at radius 3 is 2.58 bits per heavy atom. The van der Waals surface area contributed by atoms with E-state index in [0.29, 0.717) is 5.69 Å². The summed E-state index contributed by atoms with van der Waals surface area (Å²) in [7, 11) is 0. The minimum atomic E-state index is -0.926. The summed E-state index contributed by atoms with van der Waals surface area (Å²) < 4.78 is 0. The van der Waals surface area contributed by atoms with Crippen molar-refractivity contribution in [1.82, 2.24) is 0 Å². The van der Waals surface area contributed by atoms with Crippen molar-refractivity contribution < 1.29 is 9.90 Å². The lowest BCUT2D eigenvalue weighted by molar-refractivity contribution is 0.0698. The van der Waals surface area contributed by atoms with Crippen molar-refractivity contribution >= 4 is 17.3 Å². The Labute approximate surface area is 112 Å². The molecule has 0 fully saturated rings. The molecule has 0 saturated heterocycles. The van der Waals surface area contributed by atoms with Crippen LogP contribution in [-0.4, -0.2) is 11.1 Å². The summed E-state index contributed by atoms with van der Waals surface area (Å²) in [5.41, 5.74) is 4.30. The van der Waals surface area contributed by atoms with Crippen molar-refractivity contribution in [3.05, 3.63) is 59.2 Å². The second-order valence-electron chi connectivity index (χ2n) is 4.47. The summed E-state index contributed by atoms with van der Waals surface area (Å²) in [6.07, 6.45) is 0.998. The lowest BCUT2D eigenvalue weighted by atomic mass is 10.1. The highest BCUT2D eigenvalue weighted by atomic mass is 16.4. The molecule has 0 saturated carbocycles. The highest BCUT2D eigenvalue weighted by molar-refractivity contribution is 5.95. The van der Waals surface area contributed by atoms with E-state index >= 15 is 0 Å². The van der Waals surface area contributed by atoms with Gasteiger partial charge in [0.25, 0.3) is 0 Å². The molecule has 0 heterocycles. The van der Waals surface area contributed by atoms with Crippen LogP contribution in [0.15, 0.2) is 42.5 Å². The third kappa shape index (κ3) is 2.94. The Kier molecular flexibility index (Phi) is 3.85. The van der Waals surface area contributed by atoms with Crippen molar-refractivity contribution in [2.24, 2.45) is 0 Å². The van der Waals surface area contributed by atoms with Crippen LogP contribution in [0.5, 0.6) is 0 Å². The predicted octanol–water partition coefficient (Wildman–Crippen LogP) is 4.00. The van der Waals surface area contributed by atoms with Crippen LogP contribution in [-0.2, 0) is 6.42 Å². The van der Waals surface area contributed by atoms with Gasteiger partial charge in [0.05, 0.1) is 11.3 Å². The van der Waals surface area contributed by atoms with Crippen molar-refractivity contribution in [2.45, 2.75) is 20.3 Å². The number of carbonyl (C=O) groups is 1. The lowest BCUT2D eigenvalue weighted by Gasteiger charge is -2.11. The molecule has 0 aliphatic carbocycles. The van der Waals surface area contributed by atoms with E-state index in [1.165, 1.54) is 11.1 Å². The molecule has 0 radical (unpaired) electrons. The third-order valence-electron chi connectivity index (χ3n) is 3.16. The number of nitrogens with one attached hydrogen (secondary N) is 1. The molecule has 98 valence electrons. The van der Waals surface area contributed by atoms with Gasteiger partial charge in [-0.3, -0.25) is 0 Å². The Morgan fingerprint density at radius 2 is 1.95 bits per heavy atom. The maximum Gasteiger partial charge on any atom is 0.337 e. The van der Waals surface area contributed by atoms with Crippen LogP contribution in [0.4, 0.5) is 11.4 Å². The molecule has 0 atom stereocenters. The van der Waals surface area contributed by atoms with Crippen LogP contribution in [0.2, 0.25) is 0 Å². The average Bonchev–Trinajstić information content (AvgIpc) is 2.39. The van der Waals surface area contributed by atoms with Crippen molar-refractivity contribution in [3.63, 3.8) is 0 Å². The predicted molar refractivity (Wildman–Crippen MR) is 77.2 cm³/mol. The fraction of sp³-hybridized carbons (Fsp3) is 0.188. The van der Waals surface area contributed by atoms with E-state index < -0.39 is 5.97 Å². The van der Waals surface area contributed by atoms with Crippen LogP contribution in [0.3, 0.4) is 0 Å². The van der Waals surface area contributed by atoms with E-state index in [9.17, 15) is 4.79 Å². The van der Waals surface area contributed by atoms with Crippen LogP contribution in [0, 0.1) is 6.92 Å². The molecular formula is C16H17NO2. The largest absolute Gasteiger partial charge is 0.478 e. The zero-order valence-corrected chi connectivity index (χ0v) is 11.1. The number of anilines is 2. The molecule has 0 aliphatic rings. The summed E-state index contributed by atoms with van der Waals surface area (Å²) in [6.45, 7) is 4.18. The van der Waals surface area contributed by atoms with E-state index in [-0.39, 0.29) is 5.56 Å². The fourth-order valence-corrected chi connectivity index (χ4v) is 2.10. The van der Waals surface area contributed by atoms with Gasteiger partial charge in [0.2, 0.25) is 0 Å². The minimum absolute atomic E-state index is 0.278. The van der Waals surface area contributed by atoms with Gasteiger partial charge in [-0.25, -0.2) is 4.79 Å². The zero-order valence-electron chi connectivity index (χ0n) is 11.1. The first kappa shape index (κ1) is 13.1. The Balaban J connectivity index is 2.31. The first-order chi connectivity index (χ1) is 9.11. The highest BCUT2D eigenvalue weighted by Crippen LogP contribution is 2.23. The number of hydrogen-bond donors (Lipinski definition) is 2. The van der Waals surface area contributed by atoms with Gasteiger partial charge in [0.15, 0.2) is 0 Å². The van der Waals surface area contributed by atoms with Gasteiger partial charge in [-0.1, -0.05) is 25.1 Å². The molecule has 3 nitrogen and oxygen atoms in total. The summed E-state index contributed by atoms with van der Waals surface area (Å²) in [5, 5.41) is 12.3. The van der Waals surface area contributed by atoms with E-state index in [4.69, 9.17) is 5.11 Å². The molecule has 0 spiro atoms. The quantitative estimate of drug-likeness (QED) is 0.868. The monoisotopic (exact) mass is 255 g/mol. The molecule has 19 heavy (non-hydrogen) atoms. The standard InChI is InChI=1S/C16H17NO2/c1-3-12-8-9-13(10-11(12)2)17-15-7-5-4-6-14(15)16(18)19/h4-10,17H,3H2,1-2H3,(H,18,19). The van der Waals surface area contributed by atoms with Gasteiger partial charge in [0, 0.05) is 5.69 Å². The van der Waals surface area contributed by atoms with Crippen LogP contribution < -0.4 is 5.32 Å². The number of rotatable bonds is 4.